The van der Waals surface area contributed by atoms with Crippen molar-refractivity contribution in [2.45, 2.75) is 23.2 Å². The zero-order chi connectivity index (χ0) is 22.0. The lowest BCUT2D eigenvalue weighted by atomic mass is 9.77. The van der Waals surface area contributed by atoms with Gasteiger partial charge in [0.25, 0.3) is 0 Å². The first-order chi connectivity index (χ1) is 14.8. The maximum atomic E-state index is 12.1. The topological polar surface area (TPSA) is 80.3 Å². The van der Waals surface area contributed by atoms with Crippen LogP contribution in [0.5, 0.6) is 0 Å². The van der Waals surface area contributed by atoms with Gasteiger partial charge in [0.1, 0.15) is 4.99 Å². The molecular weight excluding hydrogens is 430 g/mol. The Morgan fingerprint density at radius 3 is 2.16 bits per heavy atom. The Morgan fingerprint density at radius 2 is 1.48 bits per heavy atom. The minimum atomic E-state index is -3.32. The average molecular weight is 454 g/mol. The van der Waals surface area contributed by atoms with Gasteiger partial charge in [0.15, 0.2) is 9.84 Å². The first kappa shape index (κ1) is 21.5. The normalized spacial score (nSPS) is 19.2. The molecule has 0 radical (unpaired) electrons. The summed E-state index contributed by atoms with van der Waals surface area (Å²) in [5.41, 5.74) is 3.59. The van der Waals surface area contributed by atoms with E-state index >= 15 is 0 Å². The highest BCUT2D eigenvalue weighted by molar-refractivity contribution is 7.90. The van der Waals surface area contributed by atoms with Crippen LogP contribution in [0.4, 0.5) is 0 Å². The van der Waals surface area contributed by atoms with E-state index in [-0.39, 0.29) is 16.7 Å². The molecule has 5 nitrogen and oxygen atoms in total. The van der Waals surface area contributed by atoms with Crippen LogP contribution in [0, 0.1) is 0 Å². The molecule has 160 valence electrons. The molecule has 0 amide bonds. The first-order valence-electron chi connectivity index (χ1n) is 10.00. The van der Waals surface area contributed by atoms with Gasteiger partial charge in [-0.15, -0.1) is 0 Å². The summed E-state index contributed by atoms with van der Waals surface area (Å²) in [4.78, 5) is 0.548. The highest BCUT2D eigenvalue weighted by Crippen LogP contribution is 2.39. The molecule has 1 N–H and O–H groups in total. The first-order valence-corrected chi connectivity index (χ1v) is 13.0. The second-order valence-corrected chi connectivity index (χ2v) is 10.7. The predicted octanol–water partition coefficient (Wildman–Crippen LogP) is 3.63. The Bertz CT molecular complexity index is 1340. The molecule has 31 heavy (non-hydrogen) atoms. The van der Waals surface area contributed by atoms with E-state index in [0.717, 1.165) is 28.7 Å². The molecule has 2 atom stereocenters. The molecule has 2 unspecified atom stereocenters. The second kappa shape index (κ2) is 8.78. The van der Waals surface area contributed by atoms with Crippen molar-refractivity contribution in [2.75, 3.05) is 12.8 Å². The van der Waals surface area contributed by atoms with Gasteiger partial charge in [-0.3, -0.25) is 5.32 Å². The van der Waals surface area contributed by atoms with Crippen molar-refractivity contribution >= 4 is 25.1 Å². The molecule has 1 heterocycles. The zero-order valence-corrected chi connectivity index (χ0v) is 18.7. The van der Waals surface area contributed by atoms with Gasteiger partial charge >= 0.3 is 0 Å². The molecule has 3 aromatic carbocycles. The molecule has 7 heteroatoms. The number of hydrogen-bond donors (Lipinski definition) is 1. The van der Waals surface area contributed by atoms with Crippen molar-refractivity contribution in [3.8, 4) is 11.1 Å². The van der Waals surface area contributed by atoms with E-state index in [1.807, 2.05) is 60.7 Å². The number of sulfone groups is 1. The van der Waals surface area contributed by atoms with E-state index in [1.165, 1.54) is 6.26 Å². The fourth-order valence-corrected chi connectivity index (χ4v) is 5.63. The number of hydrogen-bond acceptors (Lipinski definition) is 4. The van der Waals surface area contributed by atoms with Crippen LogP contribution in [0.1, 0.15) is 29.4 Å². The third kappa shape index (κ3) is 4.63. The molecule has 1 saturated heterocycles. The van der Waals surface area contributed by atoms with Crippen LogP contribution in [0.15, 0.2) is 83.8 Å². The van der Waals surface area contributed by atoms with E-state index in [2.05, 4.69) is 5.32 Å². The molecule has 0 aromatic heterocycles. The average Bonchev–Trinajstić information content (AvgIpc) is 2.79. The molecule has 0 spiro atoms. The molecule has 1 aliphatic heterocycles. The van der Waals surface area contributed by atoms with Crippen LogP contribution in [0.25, 0.3) is 11.1 Å². The molecular formula is C24H23NO4S2. The minimum Gasteiger partial charge on any atom is -0.279 e. The maximum absolute atomic E-state index is 12.1. The standard InChI is InChI=1S/C24H23NO4S2/c1-31(28,29)21-12-6-10-19(16-21)18-9-5-11-20(15-18)23-22(17-7-3-2-4-8-17)13-14-25-24(23)30(26)27/h2-12,15-16,22-23,25H,13-14H2,1H3. The Kier molecular flexibility index (Phi) is 6.09. The van der Waals surface area contributed by atoms with Gasteiger partial charge in [-0.1, -0.05) is 66.7 Å². The summed E-state index contributed by atoms with van der Waals surface area (Å²) in [6.45, 7) is 0.593. The summed E-state index contributed by atoms with van der Waals surface area (Å²) >= 11 is 0. The predicted molar refractivity (Wildman–Crippen MR) is 123 cm³/mol. The number of nitrogens with one attached hydrogen (secondary N) is 1. The molecule has 0 aliphatic carbocycles. The Labute approximate surface area is 184 Å². The fraction of sp³-hybridized carbons (Fsp3) is 0.208. The van der Waals surface area contributed by atoms with Gasteiger partial charge in [-0.25, -0.2) is 8.42 Å². The Balaban J connectivity index is 1.83. The van der Waals surface area contributed by atoms with Crippen LogP contribution in [0.3, 0.4) is 0 Å². The molecule has 1 fully saturated rings. The van der Waals surface area contributed by atoms with E-state index in [1.54, 1.807) is 18.2 Å². The summed E-state index contributed by atoms with van der Waals surface area (Å²) in [5.74, 6) is -0.319. The highest BCUT2D eigenvalue weighted by Gasteiger charge is 2.33. The van der Waals surface area contributed by atoms with Gasteiger partial charge in [-0.2, -0.15) is 8.42 Å². The lowest BCUT2D eigenvalue weighted by Crippen LogP contribution is -2.40. The summed E-state index contributed by atoms with van der Waals surface area (Å²) in [6.07, 6.45) is 1.99. The van der Waals surface area contributed by atoms with E-state index in [0.29, 0.717) is 11.5 Å². The maximum Gasteiger partial charge on any atom is 0.228 e. The van der Waals surface area contributed by atoms with Crippen LogP contribution in [-0.4, -0.2) is 34.6 Å². The quantitative estimate of drug-likeness (QED) is 0.610. The van der Waals surface area contributed by atoms with Crippen molar-refractivity contribution in [3.05, 3.63) is 90.0 Å². The lowest BCUT2D eigenvalue weighted by Gasteiger charge is -2.33. The number of piperidine rings is 1. The summed E-state index contributed by atoms with van der Waals surface area (Å²) in [7, 11) is -5.69. The summed E-state index contributed by atoms with van der Waals surface area (Å²) in [6, 6.07) is 24.5. The van der Waals surface area contributed by atoms with Crippen LogP contribution < -0.4 is 5.32 Å². The Morgan fingerprint density at radius 1 is 0.839 bits per heavy atom. The zero-order valence-electron chi connectivity index (χ0n) is 17.0. The van der Waals surface area contributed by atoms with Gasteiger partial charge < -0.3 is 0 Å². The summed E-state index contributed by atoms with van der Waals surface area (Å²) < 4.78 is 48.1. The van der Waals surface area contributed by atoms with E-state index < -0.39 is 20.1 Å². The fourth-order valence-electron chi connectivity index (χ4n) is 4.23. The van der Waals surface area contributed by atoms with Crippen molar-refractivity contribution in [1.82, 2.24) is 5.32 Å². The van der Waals surface area contributed by atoms with Gasteiger partial charge in [0.2, 0.25) is 10.3 Å². The van der Waals surface area contributed by atoms with Crippen molar-refractivity contribution in [1.29, 1.82) is 0 Å². The molecule has 3 aromatic rings. The molecule has 4 rings (SSSR count). The van der Waals surface area contributed by atoms with Crippen molar-refractivity contribution in [3.63, 3.8) is 0 Å². The van der Waals surface area contributed by atoms with E-state index in [9.17, 15) is 16.8 Å². The van der Waals surface area contributed by atoms with Crippen LogP contribution in [-0.2, 0) is 20.1 Å². The van der Waals surface area contributed by atoms with Gasteiger partial charge in [-0.05, 0) is 46.7 Å². The Hall–Kier alpha value is -2.74. The van der Waals surface area contributed by atoms with Crippen LogP contribution >= 0.6 is 0 Å². The highest BCUT2D eigenvalue weighted by atomic mass is 32.2. The molecule has 0 saturated carbocycles. The van der Waals surface area contributed by atoms with Gasteiger partial charge in [0, 0.05) is 18.7 Å². The largest absolute Gasteiger partial charge is 0.279 e. The number of rotatable bonds is 4. The third-order valence-electron chi connectivity index (χ3n) is 5.69. The molecule has 0 bridgehead atoms. The summed E-state index contributed by atoms with van der Waals surface area (Å²) in [5, 5.41) is 3.08. The van der Waals surface area contributed by atoms with Crippen LogP contribution in [0.2, 0.25) is 0 Å². The van der Waals surface area contributed by atoms with E-state index in [4.69, 9.17) is 0 Å². The third-order valence-corrected chi connectivity index (χ3v) is 7.56. The smallest absolute Gasteiger partial charge is 0.228 e. The monoisotopic (exact) mass is 453 g/mol. The SMILES string of the molecule is CS(=O)(=O)c1cccc(-c2cccc(C3C(=S(=O)=O)NCCC3c3ccccc3)c2)c1. The second-order valence-electron chi connectivity index (χ2n) is 7.73. The number of benzene rings is 3. The molecule has 1 aliphatic rings. The lowest BCUT2D eigenvalue weighted by molar-refractivity contribution is 0.534. The van der Waals surface area contributed by atoms with Crippen molar-refractivity contribution in [2.24, 2.45) is 0 Å². The minimum absolute atomic E-state index is 0.0213. The van der Waals surface area contributed by atoms with Gasteiger partial charge in [0.05, 0.1) is 4.90 Å². The van der Waals surface area contributed by atoms with Crippen molar-refractivity contribution < 1.29 is 16.8 Å².